The molecule has 4 heteroatoms. The van der Waals surface area contributed by atoms with Gasteiger partial charge in [0.25, 0.3) is 0 Å². The number of rotatable bonds is 6. The summed E-state index contributed by atoms with van der Waals surface area (Å²) >= 11 is 17.3. The normalized spacial score (nSPS) is 12.5. The SMILES string of the molecule is CCC(S)(S)CCCCC(S)S. The Kier molecular flexibility index (Phi) is 7.59. The van der Waals surface area contributed by atoms with Crippen LogP contribution in [0, 0.1) is 0 Å². The number of thiol groups is 4. The summed E-state index contributed by atoms with van der Waals surface area (Å²) in [6.07, 6.45) is 5.46. The largest absolute Gasteiger partial charge is 0.165 e. The molecule has 0 saturated carbocycles. The molecule has 0 saturated heterocycles. The standard InChI is InChI=1S/C8H18S4/c1-2-8(11,12)6-4-3-5-7(9)10/h7,9-12H,2-6H2,1H3. The molecule has 0 unspecified atom stereocenters. The summed E-state index contributed by atoms with van der Waals surface area (Å²) < 4.78 is 0.142. The molecule has 0 atom stereocenters. The maximum absolute atomic E-state index is 4.44. The van der Waals surface area contributed by atoms with Crippen LogP contribution in [0.15, 0.2) is 0 Å². The van der Waals surface area contributed by atoms with Gasteiger partial charge in [0.2, 0.25) is 0 Å². The van der Waals surface area contributed by atoms with Crippen molar-refractivity contribution < 1.29 is 0 Å². The molecule has 0 N–H and O–H groups in total. The number of hydrogen-bond donors (Lipinski definition) is 4. The molecule has 0 spiro atoms. The van der Waals surface area contributed by atoms with Crippen molar-refractivity contribution in [1.82, 2.24) is 0 Å². The van der Waals surface area contributed by atoms with Crippen molar-refractivity contribution in [2.24, 2.45) is 0 Å². The van der Waals surface area contributed by atoms with E-state index in [1.54, 1.807) is 0 Å². The van der Waals surface area contributed by atoms with E-state index < -0.39 is 0 Å². The highest BCUT2D eigenvalue weighted by molar-refractivity contribution is 8.00. The van der Waals surface area contributed by atoms with Crippen molar-refractivity contribution in [2.45, 2.75) is 47.7 Å². The highest BCUT2D eigenvalue weighted by atomic mass is 32.2. The van der Waals surface area contributed by atoms with Crippen LogP contribution < -0.4 is 0 Å². The van der Waals surface area contributed by atoms with Crippen molar-refractivity contribution in [1.29, 1.82) is 0 Å². The van der Waals surface area contributed by atoms with Gasteiger partial charge >= 0.3 is 0 Å². The smallest absolute Gasteiger partial charge is 0.0549 e. The molecule has 0 aromatic rings. The van der Waals surface area contributed by atoms with Crippen LogP contribution in [0.5, 0.6) is 0 Å². The summed E-state index contributed by atoms with van der Waals surface area (Å²) in [6, 6.07) is 0. The molecule has 0 heterocycles. The molecule has 0 nitrogen and oxygen atoms in total. The third-order valence-corrected chi connectivity index (χ3v) is 3.45. The van der Waals surface area contributed by atoms with Gasteiger partial charge in [0.05, 0.1) is 4.08 Å². The Hall–Kier alpha value is 1.40. The first kappa shape index (κ1) is 13.4. The molecule has 12 heavy (non-hydrogen) atoms. The van der Waals surface area contributed by atoms with Crippen LogP contribution in [-0.4, -0.2) is 8.66 Å². The van der Waals surface area contributed by atoms with Gasteiger partial charge in [-0.05, 0) is 19.3 Å². The number of hydrogen-bond acceptors (Lipinski definition) is 4. The fourth-order valence-corrected chi connectivity index (χ4v) is 1.59. The van der Waals surface area contributed by atoms with Crippen LogP contribution in [0.1, 0.15) is 39.0 Å². The maximum Gasteiger partial charge on any atom is 0.0549 e. The summed E-state index contributed by atoms with van der Waals surface area (Å²) in [5, 5.41) is 0. The van der Waals surface area contributed by atoms with Crippen molar-refractivity contribution in [3.05, 3.63) is 0 Å². The summed E-state index contributed by atoms with van der Waals surface area (Å²) in [5.74, 6) is 0. The van der Waals surface area contributed by atoms with Gasteiger partial charge in [0, 0.05) is 4.58 Å². The third kappa shape index (κ3) is 8.02. The van der Waals surface area contributed by atoms with Crippen molar-refractivity contribution in [2.75, 3.05) is 0 Å². The molecule has 0 aliphatic carbocycles. The first-order valence-electron chi connectivity index (χ1n) is 4.29. The monoisotopic (exact) mass is 242 g/mol. The second-order valence-electron chi connectivity index (χ2n) is 3.06. The molecule has 0 aromatic carbocycles. The van der Waals surface area contributed by atoms with Gasteiger partial charge in [0.1, 0.15) is 0 Å². The van der Waals surface area contributed by atoms with E-state index in [1.165, 1.54) is 12.8 Å². The maximum atomic E-state index is 4.44. The average Bonchev–Trinajstić information content (AvgIpc) is 1.98. The fourth-order valence-electron chi connectivity index (χ4n) is 0.912. The minimum atomic E-state index is -0.0807. The lowest BCUT2D eigenvalue weighted by Gasteiger charge is -2.20. The van der Waals surface area contributed by atoms with Gasteiger partial charge < -0.3 is 0 Å². The van der Waals surface area contributed by atoms with Crippen molar-refractivity contribution in [3.8, 4) is 0 Å². The van der Waals surface area contributed by atoms with Gasteiger partial charge in [-0.3, -0.25) is 0 Å². The molecular formula is C8H18S4. The summed E-state index contributed by atoms with van der Waals surface area (Å²) in [7, 11) is 0. The van der Waals surface area contributed by atoms with Gasteiger partial charge in [-0.2, -0.15) is 50.5 Å². The van der Waals surface area contributed by atoms with E-state index >= 15 is 0 Å². The van der Waals surface area contributed by atoms with Crippen molar-refractivity contribution >= 4 is 50.5 Å². The molecular weight excluding hydrogens is 224 g/mol. The third-order valence-electron chi connectivity index (χ3n) is 1.86. The molecule has 0 rings (SSSR count). The zero-order valence-corrected chi connectivity index (χ0v) is 11.0. The van der Waals surface area contributed by atoms with E-state index in [-0.39, 0.29) is 8.66 Å². The fraction of sp³-hybridized carbons (Fsp3) is 1.00. The van der Waals surface area contributed by atoms with E-state index in [4.69, 9.17) is 0 Å². The lowest BCUT2D eigenvalue weighted by Crippen LogP contribution is -2.10. The number of unbranched alkanes of at least 4 members (excludes halogenated alkanes) is 1. The molecule has 0 aromatic heterocycles. The van der Waals surface area contributed by atoms with E-state index in [1.807, 2.05) is 0 Å². The van der Waals surface area contributed by atoms with Gasteiger partial charge in [-0.15, -0.1) is 0 Å². The molecule has 74 valence electrons. The van der Waals surface area contributed by atoms with E-state index in [0.717, 1.165) is 19.3 Å². The predicted octanol–water partition coefficient (Wildman–Crippen LogP) is 3.70. The molecule has 0 aliphatic heterocycles. The topological polar surface area (TPSA) is 0 Å². The van der Waals surface area contributed by atoms with Crippen LogP contribution in [0.25, 0.3) is 0 Å². The van der Waals surface area contributed by atoms with E-state index in [2.05, 4.69) is 57.4 Å². The summed E-state index contributed by atoms with van der Waals surface area (Å²) in [5.41, 5.74) is 0. The first-order valence-corrected chi connectivity index (χ1v) is 6.21. The first-order chi connectivity index (χ1) is 5.48. The minimum absolute atomic E-state index is 0.0807. The van der Waals surface area contributed by atoms with Gasteiger partial charge in [-0.25, -0.2) is 0 Å². The highest BCUT2D eigenvalue weighted by Gasteiger charge is 2.16. The minimum Gasteiger partial charge on any atom is -0.165 e. The van der Waals surface area contributed by atoms with Crippen LogP contribution >= 0.6 is 50.5 Å². The second kappa shape index (κ2) is 6.80. The summed E-state index contributed by atoms with van der Waals surface area (Å²) in [6.45, 7) is 2.11. The Morgan fingerprint density at radius 3 is 2.17 bits per heavy atom. The molecule has 0 amide bonds. The Labute approximate surface area is 97.9 Å². The van der Waals surface area contributed by atoms with E-state index in [9.17, 15) is 0 Å². The summed E-state index contributed by atoms with van der Waals surface area (Å²) in [4.78, 5) is 0. The zero-order chi connectivity index (χ0) is 9.61. The van der Waals surface area contributed by atoms with Crippen LogP contribution in [0.2, 0.25) is 0 Å². The average molecular weight is 242 g/mol. The van der Waals surface area contributed by atoms with Crippen LogP contribution in [0.4, 0.5) is 0 Å². The Balaban J connectivity index is 3.31. The van der Waals surface area contributed by atoms with Crippen LogP contribution in [-0.2, 0) is 0 Å². The lowest BCUT2D eigenvalue weighted by atomic mass is 10.1. The quantitative estimate of drug-likeness (QED) is 0.305. The van der Waals surface area contributed by atoms with Crippen molar-refractivity contribution in [3.63, 3.8) is 0 Å². The van der Waals surface area contributed by atoms with Gasteiger partial charge in [0.15, 0.2) is 0 Å². The zero-order valence-electron chi connectivity index (χ0n) is 7.40. The lowest BCUT2D eigenvalue weighted by molar-refractivity contribution is 0.613. The molecule has 0 radical (unpaired) electrons. The van der Waals surface area contributed by atoms with Gasteiger partial charge in [-0.1, -0.05) is 19.8 Å². The Bertz CT molecular complexity index is 112. The second-order valence-corrected chi connectivity index (χ2v) is 6.78. The van der Waals surface area contributed by atoms with Crippen LogP contribution in [0.3, 0.4) is 0 Å². The highest BCUT2D eigenvalue weighted by Crippen LogP contribution is 2.30. The Morgan fingerprint density at radius 2 is 1.75 bits per heavy atom. The van der Waals surface area contributed by atoms with E-state index in [0.29, 0.717) is 0 Å². The Morgan fingerprint density at radius 1 is 1.17 bits per heavy atom. The predicted molar refractivity (Wildman–Crippen MR) is 71.2 cm³/mol. The molecule has 0 bridgehead atoms. The molecule has 0 fully saturated rings. The molecule has 0 aliphatic rings.